The van der Waals surface area contributed by atoms with Crippen molar-refractivity contribution in [3.63, 3.8) is 0 Å². The zero-order chi connectivity index (χ0) is 15.3. The molecular formula is C15H23ClN2O3S. The van der Waals surface area contributed by atoms with Gasteiger partial charge in [0, 0.05) is 12.2 Å². The fraction of sp³-hybridized carbons (Fsp3) is 0.533. The predicted octanol–water partition coefficient (Wildman–Crippen LogP) is 1.71. The normalized spacial score (nSPS) is 15.3. The highest BCUT2D eigenvalue weighted by Crippen LogP contribution is 2.25. The molecular weight excluding hydrogens is 324 g/mol. The summed E-state index contributed by atoms with van der Waals surface area (Å²) in [7, 11) is -3.29. The highest BCUT2D eigenvalue weighted by Gasteiger charge is 2.30. The van der Waals surface area contributed by atoms with E-state index < -0.39 is 15.7 Å². The molecule has 1 saturated carbocycles. The van der Waals surface area contributed by atoms with Crippen LogP contribution in [0.1, 0.15) is 31.2 Å². The first-order valence-corrected chi connectivity index (χ1v) is 9.01. The third-order valence-electron chi connectivity index (χ3n) is 3.86. The lowest BCUT2D eigenvalue weighted by molar-refractivity contribution is -0.118. The van der Waals surface area contributed by atoms with Crippen molar-refractivity contribution in [1.29, 1.82) is 0 Å². The minimum Gasteiger partial charge on any atom is -0.399 e. The van der Waals surface area contributed by atoms with Crippen LogP contribution in [-0.2, 0) is 21.1 Å². The third kappa shape index (κ3) is 5.50. The van der Waals surface area contributed by atoms with Crippen LogP contribution in [0.2, 0.25) is 0 Å². The third-order valence-corrected chi connectivity index (χ3v) is 6.01. The Bertz CT molecular complexity index is 581. The molecule has 0 atom stereocenters. The van der Waals surface area contributed by atoms with Crippen LogP contribution in [0, 0.1) is 0 Å². The van der Waals surface area contributed by atoms with Crippen molar-refractivity contribution in [2.24, 2.45) is 0 Å². The van der Waals surface area contributed by atoms with Crippen LogP contribution in [-0.4, -0.2) is 31.9 Å². The average Bonchev–Trinajstić information content (AvgIpc) is 2.95. The molecule has 1 aromatic rings. The summed E-state index contributed by atoms with van der Waals surface area (Å²) in [6, 6.07) is 7.41. The summed E-state index contributed by atoms with van der Waals surface area (Å²) in [5, 5.41) is 2.36. The number of hydrogen-bond acceptors (Lipinski definition) is 4. The van der Waals surface area contributed by atoms with E-state index in [-0.39, 0.29) is 23.4 Å². The van der Waals surface area contributed by atoms with E-state index in [0.717, 1.165) is 18.4 Å². The molecule has 0 spiro atoms. The van der Waals surface area contributed by atoms with Gasteiger partial charge in [-0.05, 0) is 37.0 Å². The number of halogens is 1. The number of carbonyl (C=O) groups excluding carboxylic acids is 1. The molecule has 124 valence electrons. The van der Waals surface area contributed by atoms with Gasteiger partial charge in [0.05, 0.1) is 5.25 Å². The van der Waals surface area contributed by atoms with E-state index >= 15 is 0 Å². The smallest absolute Gasteiger partial charge is 0.235 e. The Labute approximate surface area is 138 Å². The lowest BCUT2D eigenvalue weighted by atomic mass is 10.1. The van der Waals surface area contributed by atoms with E-state index in [0.29, 0.717) is 31.5 Å². The van der Waals surface area contributed by atoms with Gasteiger partial charge in [-0.15, -0.1) is 12.4 Å². The minimum absolute atomic E-state index is 0. The van der Waals surface area contributed by atoms with Crippen LogP contribution in [0.5, 0.6) is 0 Å². The summed E-state index contributed by atoms with van der Waals surface area (Å²) in [5.41, 5.74) is 7.35. The van der Waals surface area contributed by atoms with Crippen molar-refractivity contribution in [2.45, 2.75) is 37.4 Å². The van der Waals surface area contributed by atoms with E-state index in [2.05, 4.69) is 5.32 Å². The number of amides is 1. The second-order valence-corrected chi connectivity index (χ2v) is 7.84. The number of hydrogen-bond donors (Lipinski definition) is 2. The van der Waals surface area contributed by atoms with Crippen LogP contribution < -0.4 is 11.1 Å². The Morgan fingerprint density at radius 2 is 1.77 bits per heavy atom. The second-order valence-electron chi connectivity index (χ2n) is 5.56. The highest BCUT2D eigenvalue weighted by atomic mass is 35.5. The number of nitrogens with two attached hydrogens (primary N) is 1. The van der Waals surface area contributed by atoms with Gasteiger partial charge >= 0.3 is 0 Å². The van der Waals surface area contributed by atoms with Crippen LogP contribution in [0.4, 0.5) is 5.69 Å². The van der Waals surface area contributed by atoms with Crippen molar-refractivity contribution < 1.29 is 13.2 Å². The van der Waals surface area contributed by atoms with E-state index in [9.17, 15) is 13.2 Å². The Morgan fingerprint density at radius 3 is 2.36 bits per heavy atom. The zero-order valence-corrected chi connectivity index (χ0v) is 14.1. The molecule has 1 aliphatic rings. The number of carbonyl (C=O) groups is 1. The molecule has 0 aliphatic heterocycles. The number of nitrogen functional groups attached to an aromatic ring is 1. The summed E-state index contributed by atoms with van der Waals surface area (Å²) in [6.07, 6.45) is 3.95. The molecule has 0 unspecified atom stereocenters. The van der Waals surface area contributed by atoms with Crippen molar-refractivity contribution in [1.82, 2.24) is 5.32 Å². The largest absolute Gasteiger partial charge is 0.399 e. The van der Waals surface area contributed by atoms with E-state index in [1.54, 1.807) is 0 Å². The van der Waals surface area contributed by atoms with Gasteiger partial charge in [-0.3, -0.25) is 4.79 Å². The van der Waals surface area contributed by atoms with Gasteiger partial charge in [-0.2, -0.15) is 0 Å². The first-order chi connectivity index (χ1) is 9.97. The summed E-state index contributed by atoms with van der Waals surface area (Å²) in [4.78, 5) is 11.7. The highest BCUT2D eigenvalue weighted by molar-refractivity contribution is 7.92. The van der Waals surface area contributed by atoms with Gasteiger partial charge in [-0.25, -0.2) is 8.42 Å². The fourth-order valence-corrected chi connectivity index (χ4v) is 4.38. The summed E-state index contributed by atoms with van der Waals surface area (Å²) >= 11 is 0. The molecule has 0 bridgehead atoms. The quantitative estimate of drug-likeness (QED) is 0.767. The molecule has 22 heavy (non-hydrogen) atoms. The van der Waals surface area contributed by atoms with E-state index in [1.807, 2.05) is 24.3 Å². The minimum atomic E-state index is -3.29. The Morgan fingerprint density at radius 1 is 1.18 bits per heavy atom. The molecule has 0 saturated heterocycles. The van der Waals surface area contributed by atoms with Crippen LogP contribution in [0.25, 0.3) is 0 Å². The molecule has 7 heteroatoms. The molecule has 1 aliphatic carbocycles. The monoisotopic (exact) mass is 346 g/mol. The first kappa shape index (κ1) is 18.8. The molecule has 0 radical (unpaired) electrons. The number of anilines is 1. The van der Waals surface area contributed by atoms with Crippen molar-refractivity contribution in [3.8, 4) is 0 Å². The second kappa shape index (κ2) is 8.39. The van der Waals surface area contributed by atoms with E-state index in [4.69, 9.17) is 5.73 Å². The fourth-order valence-electron chi connectivity index (χ4n) is 2.63. The molecule has 1 aromatic carbocycles. The van der Waals surface area contributed by atoms with Gasteiger partial charge in [0.15, 0.2) is 9.84 Å². The zero-order valence-electron chi connectivity index (χ0n) is 12.5. The maximum Gasteiger partial charge on any atom is 0.235 e. The number of sulfone groups is 1. The topological polar surface area (TPSA) is 89.3 Å². The Kier molecular flexibility index (Phi) is 7.16. The van der Waals surface area contributed by atoms with Gasteiger partial charge < -0.3 is 11.1 Å². The van der Waals surface area contributed by atoms with Gasteiger partial charge in [-0.1, -0.05) is 25.0 Å². The maximum absolute atomic E-state index is 12.0. The predicted molar refractivity (Wildman–Crippen MR) is 90.9 cm³/mol. The molecule has 1 amide bonds. The van der Waals surface area contributed by atoms with Gasteiger partial charge in [0.1, 0.15) is 5.75 Å². The van der Waals surface area contributed by atoms with Crippen molar-refractivity contribution in [2.75, 3.05) is 18.0 Å². The Balaban J connectivity index is 0.00000242. The van der Waals surface area contributed by atoms with Gasteiger partial charge in [0.2, 0.25) is 5.91 Å². The summed E-state index contributed by atoms with van der Waals surface area (Å²) < 4.78 is 24.1. The molecule has 3 N–H and O–H groups in total. The molecule has 0 heterocycles. The van der Waals surface area contributed by atoms with E-state index in [1.165, 1.54) is 0 Å². The summed E-state index contributed by atoms with van der Waals surface area (Å²) in [5.74, 6) is -0.795. The van der Waals surface area contributed by atoms with Crippen molar-refractivity contribution in [3.05, 3.63) is 29.8 Å². The first-order valence-electron chi connectivity index (χ1n) is 7.30. The van der Waals surface area contributed by atoms with Crippen LogP contribution in [0.3, 0.4) is 0 Å². The number of rotatable bonds is 6. The lowest BCUT2D eigenvalue weighted by Crippen LogP contribution is -2.35. The van der Waals surface area contributed by atoms with Crippen molar-refractivity contribution >= 4 is 33.8 Å². The average molecular weight is 347 g/mol. The molecule has 5 nitrogen and oxygen atoms in total. The van der Waals surface area contributed by atoms with Crippen LogP contribution >= 0.6 is 12.4 Å². The maximum atomic E-state index is 12.0. The SMILES string of the molecule is Cl.Nc1ccc(CCNC(=O)CS(=O)(=O)C2CCCC2)cc1. The standard InChI is InChI=1S/C15H22N2O3S.ClH/c16-13-7-5-12(6-8-13)9-10-17-15(18)11-21(19,20)14-3-1-2-4-14;/h5-8,14H,1-4,9-11,16H2,(H,17,18);1H. The van der Waals surface area contributed by atoms with Gasteiger partial charge in [0.25, 0.3) is 0 Å². The number of nitrogens with one attached hydrogen (secondary N) is 1. The summed E-state index contributed by atoms with van der Waals surface area (Å²) in [6.45, 7) is 0.433. The van der Waals surface area contributed by atoms with Crippen LogP contribution in [0.15, 0.2) is 24.3 Å². The molecule has 0 aromatic heterocycles. The lowest BCUT2D eigenvalue weighted by Gasteiger charge is -2.11. The molecule has 2 rings (SSSR count). The Hall–Kier alpha value is -1.27. The molecule has 1 fully saturated rings. The number of benzene rings is 1.